The molecule has 0 spiro atoms. The van der Waals surface area contributed by atoms with Crippen molar-refractivity contribution in [3.63, 3.8) is 0 Å². The van der Waals surface area contributed by atoms with Crippen LogP contribution in [0.2, 0.25) is 5.15 Å². The second-order valence-corrected chi connectivity index (χ2v) is 3.65. The van der Waals surface area contributed by atoms with E-state index in [-0.39, 0.29) is 5.15 Å². The van der Waals surface area contributed by atoms with E-state index in [1.165, 1.54) is 13.2 Å². The van der Waals surface area contributed by atoms with Crippen molar-refractivity contribution in [1.82, 2.24) is 4.98 Å². The van der Waals surface area contributed by atoms with Gasteiger partial charge in [-0.25, -0.2) is 9.78 Å². The Morgan fingerprint density at radius 2 is 2.19 bits per heavy atom. The molecule has 0 amide bonds. The van der Waals surface area contributed by atoms with Crippen LogP contribution in [0.15, 0.2) is 24.3 Å². The maximum Gasteiger partial charge on any atom is 0.338 e. The molecule has 0 unspecified atom stereocenters. The van der Waals surface area contributed by atoms with Gasteiger partial charge in [-0.15, -0.1) is 0 Å². The molecule has 82 valence electrons. The zero-order valence-corrected chi connectivity index (χ0v) is 9.28. The van der Waals surface area contributed by atoms with Crippen LogP contribution in [0.25, 0.3) is 10.9 Å². The van der Waals surface area contributed by atoms with E-state index in [1.807, 2.05) is 0 Å². The number of fused-ring (bicyclic) bond motifs is 1. The Bertz CT molecular complexity index is 569. The third-order valence-corrected chi connectivity index (χ3v) is 2.40. The number of nitrogens with zero attached hydrogens (tertiary/aromatic N) is 1. The Hall–Kier alpha value is -1.81. The number of benzene rings is 1. The monoisotopic (exact) mass is 236 g/mol. The third kappa shape index (κ3) is 1.79. The summed E-state index contributed by atoms with van der Waals surface area (Å²) in [4.78, 5) is 15.6. The van der Waals surface area contributed by atoms with Crippen LogP contribution < -0.4 is 5.73 Å². The van der Waals surface area contributed by atoms with Gasteiger partial charge in [0.2, 0.25) is 0 Å². The summed E-state index contributed by atoms with van der Waals surface area (Å²) in [6.45, 7) is 0. The summed E-state index contributed by atoms with van der Waals surface area (Å²) >= 11 is 5.81. The number of anilines is 1. The second-order valence-electron chi connectivity index (χ2n) is 3.26. The summed E-state index contributed by atoms with van der Waals surface area (Å²) in [6.07, 6.45) is 0. The fourth-order valence-electron chi connectivity index (χ4n) is 1.49. The Labute approximate surface area is 97.0 Å². The van der Waals surface area contributed by atoms with E-state index in [9.17, 15) is 4.79 Å². The van der Waals surface area contributed by atoms with Crippen molar-refractivity contribution in [3.05, 3.63) is 35.0 Å². The van der Waals surface area contributed by atoms with Crippen LogP contribution in [0.1, 0.15) is 10.4 Å². The number of hydrogen-bond acceptors (Lipinski definition) is 4. The van der Waals surface area contributed by atoms with Crippen molar-refractivity contribution in [2.75, 3.05) is 12.8 Å². The smallest absolute Gasteiger partial charge is 0.338 e. The molecule has 0 aliphatic carbocycles. The molecular formula is C11H9ClN2O2. The molecule has 2 aromatic rings. The number of pyridine rings is 1. The second kappa shape index (κ2) is 3.98. The quantitative estimate of drug-likeness (QED) is 0.469. The van der Waals surface area contributed by atoms with Gasteiger partial charge in [-0.2, -0.15) is 0 Å². The molecule has 0 aliphatic heterocycles. The highest BCUT2D eigenvalue weighted by Gasteiger charge is 2.12. The molecule has 0 bridgehead atoms. The van der Waals surface area contributed by atoms with Crippen LogP contribution in [0, 0.1) is 0 Å². The number of nitrogens with two attached hydrogens (primary N) is 1. The van der Waals surface area contributed by atoms with E-state index in [0.717, 1.165) is 0 Å². The normalized spacial score (nSPS) is 10.4. The van der Waals surface area contributed by atoms with Crippen molar-refractivity contribution in [2.45, 2.75) is 0 Å². The molecule has 2 N–H and O–H groups in total. The van der Waals surface area contributed by atoms with E-state index in [0.29, 0.717) is 22.2 Å². The number of ether oxygens (including phenoxy) is 1. The van der Waals surface area contributed by atoms with Gasteiger partial charge in [0.05, 0.1) is 18.2 Å². The van der Waals surface area contributed by atoms with Gasteiger partial charge in [-0.3, -0.25) is 0 Å². The van der Waals surface area contributed by atoms with Gasteiger partial charge in [-0.1, -0.05) is 11.6 Å². The molecule has 1 aromatic heterocycles. The summed E-state index contributed by atoms with van der Waals surface area (Å²) in [5.41, 5.74) is 7.20. The highest BCUT2D eigenvalue weighted by molar-refractivity contribution is 6.30. The van der Waals surface area contributed by atoms with Gasteiger partial charge in [0, 0.05) is 11.1 Å². The first-order valence-corrected chi connectivity index (χ1v) is 4.93. The van der Waals surface area contributed by atoms with E-state index in [4.69, 9.17) is 17.3 Å². The molecule has 1 heterocycles. The molecule has 1 aromatic carbocycles. The lowest BCUT2D eigenvalue weighted by molar-refractivity contribution is 0.0603. The van der Waals surface area contributed by atoms with Gasteiger partial charge in [0.15, 0.2) is 0 Å². The lowest BCUT2D eigenvalue weighted by atomic mass is 10.1. The topological polar surface area (TPSA) is 65.2 Å². The lowest BCUT2D eigenvalue weighted by Gasteiger charge is -2.05. The van der Waals surface area contributed by atoms with Crippen molar-refractivity contribution in [2.24, 2.45) is 0 Å². The summed E-state index contributed by atoms with van der Waals surface area (Å²) in [6, 6.07) is 6.55. The Morgan fingerprint density at radius 3 is 2.88 bits per heavy atom. The highest BCUT2D eigenvalue weighted by atomic mass is 35.5. The first-order chi connectivity index (χ1) is 7.61. The average Bonchev–Trinajstić information content (AvgIpc) is 2.27. The minimum absolute atomic E-state index is 0.248. The highest BCUT2D eigenvalue weighted by Crippen LogP contribution is 2.23. The van der Waals surface area contributed by atoms with E-state index in [2.05, 4.69) is 9.72 Å². The van der Waals surface area contributed by atoms with Crippen LogP contribution in [0.4, 0.5) is 5.69 Å². The number of methoxy groups -OCH3 is 1. The van der Waals surface area contributed by atoms with Gasteiger partial charge in [-0.05, 0) is 24.3 Å². The summed E-state index contributed by atoms with van der Waals surface area (Å²) in [5.74, 6) is -0.458. The largest absolute Gasteiger partial charge is 0.465 e. The van der Waals surface area contributed by atoms with Crippen molar-refractivity contribution < 1.29 is 9.53 Å². The molecule has 0 aliphatic rings. The van der Waals surface area contributed by atoms with Crippen molar-refractivity contribution in [3.8, 4) is 0 Å². The number of aromatic nitrogens is 1. The minimum Gasteiger partial charge on any atom is -0.465 e. The van der Waals surface area contributed by atoms with Crippen molar-refractivity contribution >= 4 is 34.2 Å². The average molecular weight is 237 g/mol. The van der Waals surface area contributed by atoms with Crippen LogP contribution in [0.5, 0.6) is 0 Å². The molecular weight excluding hydrogens is 228 g/mol. The zero-order valence-electron chi connectivity index (χ0n) is 8.53. The number of rotatable bonds is 1. The number of hydrogen-bond donors (Lipinski definition) is 1. The predicted molar refractivity (Wildman–Crippen MR) is 62.5 cm³/mol. The van der Waals surface area contributed by atoms with Crippen LogP contribution in [-0.4, -0.2) is 18.1 Å². The van der Waals surface area contributed by atoms with Crippen LogP contribution >= 0.6 is 11.6 Å². The lowest BCUT2D eigenvalue weighted by Crippen LogP contribution is -2.03. The molecule has 5 heteroatoms. The van der Waals surface area contributed by atoms with E-state index >= 15 is 0 Å². The Kier molecular flexibility index (Phi) is 2.66. The number of esters is 1. The summed E-state index contributed by atoms with van der Waals surface area (Å²) in [7, 11) is 1.31. The Balaban J connectivity index is 2.79. The summed E-state index contributed by atoms with van der Waals surface area (Å²) in [5, 5.41) is 0.883. The van der Waals surface area contributed by atoms with E-state index in [1.54, 1.807) is 18.2 Å². The van der Waals surface area contributed by atoms with E-state index < -0.39 is 5.97 Å². The molecule has 0 saturated heterocycles. The van der Waals surface area contributed by atoms with Gasteiger partial charge < -0.3 is 10.5 Å². The van der Waals surface area contributed by atoms with Gasteiger partial charge in [0.1, 0.15) is 5.15 Å². The maximum absolute atomic E-state index is 11.5. The molecule has 0 fully saturated rings. The molecule has 2 rings (SSSR count). The maximum atomic E-state index is 11.5. The van der Waals surface area contributed by atoms with Crippen molar-refractivity contribution in [1.29, 1.82) is 0 Å². The molecule has 4 nitrogen and oxygen atoms in total. The molecule has 0 radical (unpaired) electrons. The third-order valence-electron chi connectivity index (χ3n) is 2.21. The zero-order chi connectivity index (χ0) is 11.7. The molecule has 0 saturated carbocycles. The minimum atomic E-state index is -0.458. The first kappa shape index (κ1) is 10.7. The Morgan fingerprint density at radius 1 is 1.44 bits per heavy atom. The fourth-order valence-corrected chi connectivity index (χ4v) is 1.69. The standard InChI is InChI=1S/C11H9ClN2O2/c1-16-11(15)8-5-10(12)14-9-3-2-6(13)4-7(8)9/h2-5H,13H2,1H3. The number of nitrogen functional groups attached to an aromatic ring is 1. The first-order valence-electron chi connectivity index (χ1n) is 4.56. The fraction of sp³-hybridized carbons (Fsp3) is 0.0909. The predicted octanol–water partition coefficient (Wildman–Crippen LogP) is 2.26. The summed E-state index contributed by atoms with van der Waals surface area (Å²) < 4.78 is 4.67. The van der Waals surface area contributed by atoms with Gasteiger partial charge >= 0.3 is 5.97 Å². The molecule has 16 heavy (non-hydrogen) atoms. The van der Waals surface area contributed by atoms with Gasteiger partial charge in [0.25, 0.3) is 0 Å². The number of halogens is 1. The molecule has 0 atom stereocenters. The van der Waals surface area contributed by atoms with Crippen LogP contribution in [0.3, 0.4) is 0 Å². The number of carbonyl (C=O) groups excluding carboxylic acids is 1. The number of carbonyl (C=O) groups is 1. The SMILES string of the molecule is COC(=O)c1cc(Cl)nc2ccc(N)cc12. The van der Waals surface area contributed by atoms with Crippen LogP contribution in [-0.2, 0) is 4.74 Å².